The number of aromatic nitrogens is 2. The van der Waals surface area contributed by atoms with Crippen LogP contribution in [-0.4, -0.2) is 35.1 Å². The van der Waals surface area contributed by atoms with Gasteiger partial charge in [-0.1, -0.05) is 6.92 Å². The number of ether oxygens (including phenoxy) is 1. The second-order valence-electron chi connectivity index (χ2n) is 5.55. The Bertz CT molecular complexity index is 694. The quantitative estimate of drug-likeness (QED) is 0.877. The number of carbonyl (C=O) groups is 1. The molecule has 7 heteroatoms. The second kappa shape index (κ2) is 6.18. The Morgan fingerprint density at radius 1 is 1.59 bits per heavy atom. The Labute approximate surface area is 133 Å². The van der Waals surface area contributed by atoms with Gasteiger partial charge >= 0.3 is 0 Å². The molecule has 1 amide bonds. The van der Waals surface area contributed by atoms with Crippen LogP contribution in [0.5, 0.6) is 0 Å². The Hall–Kier alpha value is -1.73. The first kappa shape index (κ1) is 15.2. The lowest BCUT2D eigenvalue weighted by molar-refractivity contribution is -0.119. The summed E-state index contributed by atoms with van der Waals surface area (Å²) in [4.78, 5) is 23.0. The van der Waals surface area contributed by atoms with Crippen molar-refractivity contribution in [2.45, 2.75) is 32.7 Å². The molecule has 0 radical (unpaired) electrons. The number of nitrogens with one attached hydrogen (secondary N) is 1. The van der Waals surface area contributed by atoms with Crippen molar-refractivity contribution in [2.75, 3.05) is 18.5 Å². The van der Waals surface area contributed by atoms with Gasteiger partial charge in [0, 0.05) is 17.4 Å². The van der Waals surface area contributed by atoms with E-state index in [0.717, 1.165) is 23.1 Å². The predicted molar refractivity (Wildman–Crippen MR) is 87.1 cm³/mol. The van der Waals surface area contributed by atoms with Crippen LogP contribution in [0.25, 0.3) is 10.2 Å². The van der Waals surface area contributed by atoms with E-state index >= 15 is 0 Å². The fourth-order valence-electron chi connectivity index (χ4n) is 2.75. The van der Waals surface area contributed by atoms with Crippen molar-refractivity contribution < 1.29 is 9.53 Å². The number of hydrogen-bond acceptors (Lipinski definition) is 6. The molecule has 0 aromatic carbocycles. The van der Waals surface area contributed by atoms with Crippen LogP contribution < -0.4 is 11.1 Å². The molecule has 2 aromatic heterocycles. The van der Waals surface area contributed by atoms with Crippen LogP contribution in [0.3, 0.4) is 0 Å². The van der Waals surface area contributed by atoms with E-state index < -0.39 is 6.04 Å². The fraction of sp³-hybridized carbons (Fsp3) is 0.533. The van der Waals surface area contributed by atoms with Crippen molar-refractivity contribution >= 4 is 33.3 Å². The topological polar surface area (TPSA) is 90.1 Å². The largest absolute Gasteiger partial charge is 0.381 e. The number of aryl methyl sites for hydroxylation is 2. The van der Waals surface area contributed by atoms with Gasteiger partial charge in [-0.05, 0) is 25.8 Å². The predicted octanol–water partition coefficient (Wildman–Crippen LogP) is 1.86. The van der Waals surface area contributed by atoms with Crippen LogP contribution in [0.1, 0.15) is 24.0 Å². The molecule has 0 saturated carbocycles. The molecule has 0 aliphatic carbocycles. The zero-order chi connectivity index (χ0) is 15.7. The van der Waals surface area contributed by atoms with Crippen molar-refractivity contribution in [3.63, 3.8) is 0 Å². The molecule has 1 aliphatic rings. The number of thiophene rings is 1. The van der Waals surface area contributed by atoms with Crippen LogP contribution in [0.15, 0.2) is 6.07 Å². The van der Waals surface area contributed by atoms with Gasteiger partial charge in [-0.3, -0.25) is 4.79 Å². The maximum absolute atomic E-state index is 11.8. The summed E-state index contributed by atoms with van der Waals surface area (Å²) in [7, 11) is 0. The summed E-state index contributed by atoms with van der Waals surface area (Å²) in [6, 6.07) is 1.62. The molecule has 3 rings (SSSR count). The van der Waals surface area contributed by atoms with Crippen molar-refractivity contribution in [1.29, 1.82) is 0 Å². The van der Waals surface area contributed by atoms with Crippen LogP contribution in [0.4, 0.5) is 5.82 Å². The first-order chi connectivity index (χ1) is 10.6. The number of amides is 1. The van der Waals surface area contributed by atoms with E-state index in [9.17, 15) is 4.79 Å². The minimum Gasteiger partial charge on any atom is -0.381 e. The number of nitrogens with zero attached hydrogens (tertiary/aromatic N) is 2. The summed E-state index contributed by atoms with van der Waals surface area (Å²) in [6.07, 6.45) is 1.78. The number of primary amides is 1. The van der Waals surface area contributed by atoms with E-state index in [1.807, 2.05) is 6.92 Å². The van der Waals surface area contributed by atoms with Crippen LogP contribution in [0.2, 0.25) is 0 Å². The highest BCUT2D eigenvalue weighted by Crippen LogP contribution is 2.30. The summed E-state index contributed by atoms with van der Waals surface area (Å²) in [5.74, 6) is 1.09. The van der Waals surface area contributed by atoms with E-state index in [0.29, 0.717) is 24.9 Å². The van der Waals surface area contributed by atoms with Gasteiger partial charge in [0.15, 0.2) is 0 Å². The highest BCUT2D eigenvalue weighted by Gasteiger charge is 2.30. The Morgan fingerprint density at radius 2 is 2.41 bits per heavy atom. The van der Waals surface area contributed by atoms with E-state index in [1.165, 1.54) is 4.88 Å². The molecule has 2 atom stereocenters. The van der Waals surface area contributed by atoms with Gasteiger partial charge < -0.3 is 15.8 Å². The normalized spacial score (nSPS) is 19.5. The van der Waals surface area contributed by atoms with Gasteiger partial charge in [0.25, 0.3) is 0 Å². The van der Waals surface area contributed by atoms with Crippen LogP contribution >= 0.6 is 11.3 Å². The third kappa shape index (κ3) is 2.91. The van der Waals surface area contributed by atoms with E-state index in [1.54, 1.807) is 11.3 Å². The van der Waals surface area contributed by atoms with Gasteiger partial charge in [-0.2, -0.15) is 0 Å². The molecule has 1 saturated heterocycles. The number of hydrogen-bond donors (Lipinski definition) is 2. The first-order valence-electron chi connectivity index (χ1n) is 7.49. The standard InChI is InChI=1S/C15H20N4O2S/c1-3-10-6-11-14(17-8(2)18-15(11)22-10)19-12(13(16)20)9-4-5-21-7-9/h6,9,12H,3-5,7H2,1-2H3,(H2,16,20)(H,17,18,19). The number of carbonyl (C=O) groups excluding carboxylic acids is 1. The average molecular weight is 320 g/mol. The Morgan fingerprint density at radius 3 is 3.05 bits per heavy atom. The molecule has 2 unspecified atom stereocenters. The van der Waals surface area contributed by atoms with Crippen LogP contribution in [0, 0.1) is 12.8 Å². The van der Waals surface area contributed by atoms with E-state index in [4.69, 9.17) is 10.5 Å². The van der Waals surface area contributed by atoms with Crippen LogP contribution in [-0.2, 0) is 16.0 Å². The number of anilines is 1. The number of fused-ring (bicyclic) bond motifs is 1. The monoisotopic (exact) mass is 320 g/mol. The fourth-order valence-corrected chi connectivity index (χ4v) is 3.76. The molecule has 0 bridgehead atoms. The summed E-state index contributed by atoms with van der Waals surface area (Å²) < 4.78 is 5.38. The average Bonchev–Trinajstić information content (AvgIpc) is 3.12. The summed E-state index contributed by atoms with van der Waals surface area (Å²) >= 11 is 1.66. The van der Waals surface area contributed by atoms with Gasteiger partial charge in [-0.25, -0.2) is 9.97 Å². The maximum Gasteiger partial charge on any atom is 0.240 e. The molecule has 6 nitrogen and oxygen atoms in total. The molecule has 118 valence electrons. The molecular formula is C15H20N4O2S. The third-order valence-electron chi connectivity index (χ3n) is 3.94. The second-order valence-corrected chi connectivity index (χ2v) is 6.67. The first-order valence-corrected chi connectivity index (χ1v) is 8.30. The van der Waals surface area contributed by atoms with Gasteiger partial charge in [0.05, 0.1) is 12.0 Å². The Kier molecular flexibility index (Phi) is 4.26. The number of nitrogens with two attached hydrogens (primary N) is 1. The smallest absolute Gasteiger partial charge is 0.240 e. The minimum absolute atomic E-state index is 0.0899. The van der Waals surface area contributed by atoms with Crippen molar-refractivity contribution in [2.24, 2.45) is 11.7 Å². The minimum atomic E-state index is -0.468. The van der Waals surface area contributed by atoms with E-state index in [-0.39, 0.29) is 11.8 Å². The molecule has 0 spiro atoms. The van der Waals surface area contributed by atoms with Gasteiger partial charge in [-0.15, -0.1) is 11.3 Å². The van der Waals surface area contributed by atoms with Gasteiger partial charge in [0.2, 0.25) is 5.91 Å². The zero-order valence-corrected chi connectivity index (χ0v) is 13.6. The maximum atomic E-state index is 11.8. The third-order valence-corrected chi connectivity index (χ3v) is 5.11. The lowest BCUT2D eigenvalue weighted by Crippen LogP contribution is -2.42. The lowest BCUT2D eigenvalue weighted by atomic mass is 9.98. The molecule has 3 heterocycles. The molecule has 3 N–H and O–H groups in total. The molecule has 22 heavy (non-hydrogen) atoms. The summed E-state index contributed by atoms with van der Waals surface area (Å²) in [5.41, 5.74) is 5.58. The van der Waals surface area contributed by atoms with Crippen molar-refractivity contribution in [1.82, 2.24) is 9.97 Å². The molecule has 1 fully saturated rings. The highest BCUT2D eigenvalue weighted by atomic mass is 32.1. The van der Waals surface area contributed by atoms with Gasteiger partial charge in [0.1, 0.15) is 22.5 Å². The molecule has 1 aliphatic heterocycles. The highest BCUT2D eigenvalue weighted by molar-refractivity contribution is 7.18. The molecule has 2 aromatic rings. The summed E-state index contributed by atoms with van der Waals surface area (Å²) in [6.45, 7) is 5.19. The van der Waals surface area contributed by atoms with E-state index in [2.05, 4.69) is 28.3 Å². The van der Waals surface area contributed by atoms with Crippen molar-refractivity contribution in [3.05, 3.63) is 16.8 Å². The number of rotatable bonds is 5. The zero-order valence-electron chi connectivity index (χ0n) is 12.8. The SMILES string of the molecule is CCc1cc2c(NC(C(N)=O)C3CCOC3)nc(C)nc2s1. The van der Waals surface area contributed by atoms with Crippen molar-refractivity contribution in [3.8, 4) is 0 Å². The Balaban J connectivity index is 1.97. The molecular weight excluding hydrogens is 300 g/mol. The lowest BCUT2D eigenvalue weighted by Gasteiger charge is -2.21. The summed E-state index contributed by atoms with van der Waals surface area (Å²) in [5, 5.41) is 4.20.